The van der Waals surface area contributed by atoms with Crippen molar-refractivity contribution in [2.75, 3.05) is 20.7 Å². The number of halogens is 2. The van der Waals surface area contributed by atoms with Gasteiger partial charge in [0.2, 0.25) is 5.91 Å². The second-order valence-electron chi connectivity index (χ2n) is 6.31. The van der Waals surface area contributed by atoms with Gasteiger partial charge in [0.05, 0.1) is 36.4 Å². The number of esters is 1. The first-order chi connectivity index (χ1) is 13.4. The van der Waals surface area contributed by atoms with Crippen molar-refractivity contribution in [3.63, 3.8) is 0 Å². The summed E-state index contributed by atoms with van der Waals surface area (Å²) in [7, 11) is 2.98. The molecule has 0 N–H and O–H groups in total. The Morgan fingerprint density at radius 1 is 1.11 bits per heavy atom. The lowest BCUT2D eigenvalue weighted by Crippen LogP contribution is -2.31. The van der Waals surface area contributed by atoms with Gasteiger partial charge in [-0.2, -0.15) is 0 Å². The van der Waals surface area contributed by atoms with Crippen LogP contribution in [0.25, 0.3) is 16.9 Å². The predicted octanol–water partition coefficient (Wildman–Crippen LogP) is 3.87. The molecule has 0 spiro atoms. The summed E-state index contributed by atoms with van der Waals surface area (Å²) in [5, 5.41) is 1.16. The second kappa shape index (κ2) is 8.63. The van der Waals surface area contributed by atoms with Gasteiger partial charge in [0, 0.05) is 30.4 Å². The third-order valence-corrected chi connectivity index (χ3v) is 4.90. The van der Waals surface area contributed by atoms with Crippen molar-refractivity contribution in [1.82, 2.24) is 14.3 Å². The minimum Gasteiger partial charge on any atom is -0.469 e. The van der Waals surface area contributed by atoms with E-state index in [4.69, 9.17) is 23.2 Å². The molecular weight excluding hydrogens is 401 g/mol. The monoisotopic (exact) mass is 419 g/mol. The van der Waals surface area contributed by atoms with Crippen LogP contribution in [-0.2, 0) is 20.7 Å². The number of amides is 1. The summed E-state index contributed by atoms with van der Waals surface area (Å²) >= 11 is 12.1. The van der Waals surface area contributed by atoms with Gasteiger partial charge >= 0.3 is 5.97 Å². The van der Waals surface area contributed by atoms with Crippen LogP contribution < -0.4 is 0 Å². The van der Waals surface area contributed by atoms with Crippen LogP contribution in [0, 0.1) is 0 Å². The Kier molecular flexibility index (Phi) is 6.21. The fourth-order valence-corrected chi connectivity index (χ4v) is 3.13. The maximum atomic E-state index is 12.8. The number of benzene rings is 1. The van der Waals surface area contributed by atoms with Crippen LogP contribution in [0.3, 0.4) is 0 Å². The lowest BCUT2D eigenvalue weighted by atomic mass is 10.1. The van der Waals surface area contributed by atoms with Crippen LogP contribution in [0.2, 0.25) is 10.0 Å². The smallest absolute Gasteiger partial charge is 0.307 e. The highest BCUT2D eigenvalue weighted by Crippen LogP contribution is 2.27. The fourth-order valence-electron chi connectivity index (χ4n) is 2.84. The summed E-state index contributed by atoms with van der Waals surface area (Å²) in [5.74, 6) is -0.496. The number of hydrogen-bond donors (Lipinski definition) is 0. The normalized spacial score (nSPS) is 10.9. The zero-order valence-corrected chi connectivity index (χ0v) is 17.0. The summed E-state index contributed by atoms with van der Waals surface area (Å²) in [4.78, 5) is 30.3. The zero-order valence-electron chi connectivity index (χ0n) is 15.5. The van der Waals surface area contributed by atoms with Crippen molar-refractivity contribution in [1.29, 1.82) is 0 Å². The third-order valence-electron chi connectivity index (χ3n) is 4.42. The van der Waals surface area contributed by atoms with E-state index in [2.05, 4.69) is 9.72 Å². The molecule has 0 unspecified atom stereocenters. The third kappa shape index (κ3) is 4.46. The lowest BCUT2D eigenvalue weighted by molar-refractivity contribution is -0.141. The number of rotatable bonds is 6. The van der Waals surface area contributed by atoms with Crippen molar-refractivity contribution in [3.8, 4) is 11.3 Å². The molecule has 6 nitrogen and oxygen atoms in total. The maximum Gasteiger partial charge on any atom is 0.307 e. The molecule has 0 atom stereocenters. The Morgan fingerprint density at radius 3 is 2.46 bits per heavy atom. The van der Waals surface area contributed by atoms with Gasteiger partial charge in [-0.3, -0.25) is 9.59 Å². The van der Waals surface area contributed by atoms with Crippen LogP contribution in [-0.4, -0.2) is 46.9 Å². The standard InChI is InChI=1S/C20H19Cl2N3O3/c1-24(10-9-19(27)28-2)18(26)11-16-20(13-3-5-14(21)6-4-13)23-17-8-7-15(22)12-25(16)17/h3-8,12H,9-11H2,1-2H3. The highest BCUT2D eigenvalue weighted by molar-refractivity contribution is 6.30. The number of ether oxygens (including phenoxy) is 1. The molecule has 0 saturated heterocycles. The van der Waals surface area contributed by atoms with E-state index in [9.17, 15) is 9.59 Å². The molecule has 3 aromatic rings. The van der Waals surface area contributed by atoms with Crippen LogP contribution >= 0.6 is 23.2 Å². The summed E-state index contributed by atoms with van der Waals surface area (Å²) < 4.78 is 6.44. The van der Waals surface area contributed by atoms with E-state index >= 15 is 0 Å². The predicted molar refractivity (Wildman–Crippen MR) is 109 cm³/mol. The minimum atomic E-state index is -0.358. The van der Waals surface area contributed by atoms with E-state index in [0.717, 1.165) is 11.3 Å². The van der Waals surface area contributed by atoms with Crippen molar-refractivity contribution >= 4 is 40.7 Å². The first-order valence-electron chi connectivity index (χ1n) is 8.62. The quantitative estimate of drug-likeness (QED) is 0.568. The Hall–Kier alpha value is -2.57. The average Bonchev–Trinajstić information content (AvgIpc) is 3.03. The van der Waals surface area contributed by atoms with Crippen LogP contribution in [0.4, 0.5) is 0 Å². The summed E-state index contributed by atoms with van der Waals surface area (Å²) in [6.07, 6.45) is 1.99. The van der Waals surface area contributed by atoms with Gasteiger partial charge in [-0.05, 0) is 24.3 Å². The summed E-state index contributed by atoms with van der Waals surface area (Å²) in [6, 6.07) is 10.8. The fraction of sp³-hybridized carbons (Fsp3) is 0.250. The van der Waals surface area contributed by atoms with Gasteiger partial charge in [0.1, 0.15) is 5.65 Å². The molecule has 0 aliphatic carbocycles. The molecule has 0 saturated carbocycles. The first kappa shape index (κ1) is 20.2. The van der Waals surface area contributed by atoms with Gasteiger partial charge in [0.15, 0.2) is 0 Å². The number of carbonyl (C=O) groups is 2. The molecule has 0 fully saturated rings. The van der Waals surface area contributed by atoms with E-state index in [1.54, 1.807) is 37.5 Å². The van der Waals surface area contributed by atoms with Gasteiger partial charge in [-0.25, -0.2) is 4.98 Å². The number of methoxy groups -OCH3 is 1. The molecular formula is C20H19Cl2N3O3. The topological polar surface area (TPSA) is 63.9 Å². The average molecular weight is 420 g/mol. The molecule has 3 rings (SSSR count). The molecule has 8 heteroatoms. The zero-order chi connectivity index (χ0) is 20.3. The largest absolute Gasteiger partial charge is 0.469 e. The van der Waals surface area contributed by atoms with Crippen LogP contribution in [0.1, 0.15) is 12.1 Å². The number of pyridine rings is 1. The maximum absolute atomic E-state index is 12.8. The number of likely N-dealkylation sites (N-methyl/N-ethyl adjacent to an activating group) is 1. The van der Waals surface area contributed by atoms with E-state index < -0.39 is 0 Å². The molecule has 1 amide bonds. The Morgan fingerprint density at radius 2 is 1.79 bits per heavy atom. The van der Waals surface area contributed by atoms with Gasteiger partial charge in [-0.1, -0.05) is 35.3 Å². The van der Waals surface area contributed by atoms with Crippen LogP contribution in [0.15, 0.2) is 42.6 Å². The lowest BCUT2D eigenvalue weighted by Gasteiger charge is -2.17. The summed E-state index contributed by atoms with van der Waals surface area (Å²) in [6.45, 7) is 0.277. The number of fused-ring (bicyclic) bond motifs is 1. The number of imidazole rings is 1. The molecule has 0 aliphatic rings. The molecule has 0 radical (unpaired) electrons. The Bertz CT molecular complexity index is 1020. The van der Waals surface area contributed by atoms with E-state index in [-0.39, 0.29) is 31.3 Å². The first-order valence-corrected chi connectivity index (χ1v) is 9.38. The van der Waals surface area contributed by atoms with Crippen molar-refractivity contribution in [2.45, 2.75) is 12.8 Å². The SMILES string of the molecule is COC(=O)CCN(C)C(=O)Cc1c(-c2ccc(Cl)cc2)nc2ccc(Cl)cn12. The second-order valence-corrected chi connectivity index (χ2v) is 7.18. The summed E-state index contributed by atoms with van der Waals surface area (Å²) in [5.41, 5.74) is 2.95. The molecule has 1 aromatic carbocycles. The molecule has 0 aliphatic heterocycles. The minimum absolute atomic E-state index is 0.108. The molecule has 146 valence electrons. The van der Waals surface area contributed by atoms with Crippen LogP contribution in [0.5, 0.6) is 0 Å². The molecule has 28 heavy (non-hydrogen) atoms. The van der Waals surface area contributed by atoms with Crippen molar-refractivity contribution < 1.29 is 14.3 Å². The molecule has 2 aromatic heterocycles. The van der Waals surface area contributed by atoms with Gasteiger partial charge in [0.25, 0.3) is 0 Å². The number of aromatic nitrogens is 2. The van der Waals surface area contributed by atoms with E-state index in [1.807, 2.05) is 16.5 Å². The highest BCUT2D eigenvalue weighted by Gasteiger charge is 2.20. The van der Waals surface area contributed by atoms with Crippen molar-refractivity contribution in [3.05, 3.63) is 58.3 Å². The molecule has 0 bridgehead atoms. The van der Waals surface area contributed by atoms with E-state index in [0.29, 0.717) is 21.4 Å². The van der Waals surface area contributed by atoms with Gasteiger partial charge in [-0.15, -0.1) is 0 Å². The number of nitrogens with zero attached hydrogens (tertiary/aromatic N) is 3. The number of hydrogen-bond acceptors (Lipinski definition) is 4. The highest BCUT2D eigenvalue weighted by atomic mass is 35.5. The van der Waals surface area contributed by atoms with Gasteiger partial charge < -0.3 is 14.0 Å². The van der Waals surface area contributed by atoms with Crippen molar-refractivity contribution in [2.24, 2.45) is 0 Å². The Labute approximate surface area is 172 Å². The van der Waals surface area contributed by atoms with E-state index in [1.165, 1.54) is 12.0 Å². The Balaban J connectivity index is 1.95. The number of carbonyl (C=O) groups excluding carboxylic acids is 2. The molecule has 2 heterocycles.